The summed E-state index contributed by atoms with van der Waals surface area (Å²) < 4.78 is 5.16. The number of ether oxygens (including phenoxy) is 1. The Labute approximate surface area is 118 Å². The Bertz CT molecular complexity index is 555. The van der Waals surface area contributed by atoms with Crippen LogP contribution in [0.15, 0.2) is 42.5 Å². The van der Waals surface area contributed by atoms with Crippen LogP contribution >= 0.6 is 11.6 Å². The molecule has 0 amide bonds. The van der Waals surface area contributed by atoms with Crippen LogP contribution < -0.4 is 15.4 Å². The van der Waals surface area contributed by atoms with Crippen LogP contribution in [0.2, 0.25) is 5.02 Å². The van der Waals surface area contributed by atoms with Crippen LogP contribution in [0.1, 0.15) is 5.56 Å². The van der Waals surface area contributed by atoms with Gasteiger partial charge in [-0.05, 0) is 42.0 Å². The van der Waals surface area contributed by atoms with E-state index in [0.717, 1.165) is 22.7 Å². The number of nitrogens with two attached hydrogens (primary N) is 1. The quantitative estimate of drug-likeness (QED) is 0.928. The Balaban J connectivity index is 2.36. The molecule has 4 heteroatoms. The van der Waals surface area contributed by atoms with E-state index >= 15 is 0 Å². The Morgan fingerprint density at radius 1 is 1.16 bits per heavy atom. The van der Waals surface area contributed by atoms with Gasteiger partial charge in [0.15, 0.2) is 0 Å². The zero-order valence-corrected chi connectivity index (χ0v) is 11.8. The third-order valence-corrected chi connectivity index (χ3v) is 3.32. The van der Waals surface area contributed by atoms with Gasteiger partial charge in [-0.3, -0.25) is 0 Å². The maximum absolute atomic E-state index is 6.07. The number of rotatable bonds is 4. The molecule has 0 spiro atoms. The molecule has 100 valence electrons. The minimum atomic E-state index is 0.479. The van der Waals surface area contributed by atoms with Gasteiger partial charge in [0, 0.05) is 30.0 Å². The molecule has 0 aromatic heterocycles. The lowest BCUT2D eigenvalue weighted by molar-refractivity contribution is 0.415. The molecule has 0 unspecified atom stereocenters. The van der Waals surface area contributed by atoms with Gasteiger partial charge in [0.1, 0.15) is 5.75 Å². The van der Waals surface area contributed by atoms with Crippen molar-refractivity contribution in [2.75, 3.05) is 19.1 Å². The van der Waals surface area contributed by atoms with Crippen molar-refractivity contribution < 1.29 is 4.74 Å². The van der Waals surface area contributed by atoms with Gasteiger partial charge in [-0.15, -0.1) is 0 Å². The Kier molecular flexibility index (Phi) is 4.30. The highest BCUT2D eigenvalue weighted by molar-refractivity contribution is 6.30. The van der Waals surface area contributed by atoms with Crippen molar-refractivity contribution in [2.24, 2.45) is 5.73 Å². The molecular formula is C15H17ClN2O. The number of anilines is 2. The van der Waals surface area contributed by atoms with Crippen LogP contribution in [-0.2, 0) is 6.54 Å². The fraction of sp³-hybridized carbons (Fsp3) is 0.200. The summed E-state index contributed by atoms with van der Waals surface area (Å²) in [6.45, 7) is 0.479. The van der Waals surface area contributed by atoms with E-state index in [2.05, 4.69) is 4.90 Å². The van der Waals surface area contributed by atoms with Gasteiger partial charge < -0.3 is 15.4 Å². The molecule has 0 saturated heterocycles. The number of nitrogens with zero attached hydrogens (tertiary/aromatic N) is 1. The van der Waals surface area contributed by atoms with E-state index in [4.69, 9.17) is 22.1 Å². The van der Waals surface area contributed by atoms with Crippen LogP contribution in [0.4, 0.5) is 11.4 Å². The van der Waals surface area contributed by atoms with E-state index in [9.17, 15) is 0 Å². The van der Waals surface area contributed by atoms with Crippen molar-refractivity contribution in [1.29, 1.82) is 0 Å². The van der Waals surface area contributed by atoms with Crippen LogP contribution in [0.25, 0.3) is 0 Å². The standard InChI is InChI=1S/C15H17ClN2O/c1-18(13-5-7-14(19-2)8-6-13)15-9-12(16)4-3-11(15)10-17/h3-9H,10,17H2,1-2H3. The first-order chi connectivity index (χ1) is 9.15. The molecule has 19 heavy (non-hydrogen) atoms. The molecule has 0 bridgehead atoms. The monoisotopic (exact) mass is 276 g/mol. The van der Waals surface area contributed by atoms with E-state index in [1.807, 2.05) is 49.5 Å². The van der Waals surface area contributed by atoms with E-state index in [0.29, 0.717) is 11.6 Å². The van der Waals surface area contributed by atoms with E-state index in [1.165, 1.54) is 0 Å². The molecule has 2 N–H and O–H groups in total. The second kappa shape index (κ2) is 5.95. The van der Waals surface area contributed by atoms with Gasteiger partial charge >= 0.3 is 0 Å². The summed E-state index contributed by atoms with van der Waals surface area (Å²) in [5, 5.41) is 0.701. The average molecular weight is 277 g/mol. The molecule has 0 aliphatic rings. The minimum Gasteiger partial charge on any atom is -0.497 e. The van der Waals surface area contributed by atoms with Gasteiger partial charge in [-0.1, -0.05) is 17.7 Å². The highest BCUT2D eigenvalue weighted by atomic mass is 35.5. The molecule has 0 aliphatic carbocycles. The van der Waals surface area contributed by atoms with Crippen LogP contribution in [0.3, 0.4) is 0 Å². The van der Waals surface area contributed by atoms with Crippen molar-refractivity contribution in [1.82, 2.24) is 0 Å². The molecule has 0 aliphatic heterocycles. The van der Waals surface area contributed by atoms with Crippen LogP contribution in [0, 0.1) is 0 Å². The second-order valence-corrected chi connectivity index (χ2v) is 4.67. The Hall–Kier alpha value is -1.71. The highest BCUT2D eigenvalue weighted by Gasteiger charge is 2.09. The predicted octanol–water partition coefficient (Wildman–Crippen LogP) is 3.58. The Morgan fingerprint density at radius 2 is 1.84 bits per heavy atom. The van der Waals surface area contributed by atoms with Crippen molar-refractivity contribution in [3.8, 4) is 5.75 Å². The van der Waals surface area contributed by atoms with Crippen LogP contribution in [0.5, 0.6) is 5.75 Å². The van der Waals surface area contributed by atoms with Gasteiger partial charge in [0.25, 0.3) is 0 Å². The molecule has 2 rings (SSSR count). The molecule has 2 aromatic carbocycles. The first kappa shape index (κ1) is 13.7. The van der Waals surface area contributed by atoms with E-state index < -0.39 is 0 Å². The summed E-state index contributed by atoms with van der Waals surface area (Å²) in [7, 11) is 3.65. The first-order valence-corrected chi connectivity index (χ1v) is 6.39. The summed E-state index contributed by atoms with van der Waals surface area (Å²) in [6, 6.07) is 13.6. The largest absolute Gasteiger partial charge is 0.497 e. The number of halogens is 1. The topological polar surface area (TPSA) is 38.5 Å². The molecular weight excluding hydrogens is 260 g/mol. The van der Waals surface area contributed by atoms with Crippen molar-refractivity contribution >= 4 is 23.0 Å². The normalized spacial score (nSPS) is 10.3. The van der Waals surface area contributed by atoms with Crippen molar-refractivity contribution in [2.45, 2.75) is 6.54 Å². The van der Waals surface area contributed by atoms with Gasteiger partial charge in [-0.25, -0.2) is 0 Å². The molecule has 0 atom stereocenters. The zero-order valence-electron chi connectivity index (χ0n) is 11.1. The summed E-state index contributed by atoms with van der Waals surface area (Å²) in [6.07, 6.45) is 0. The van der Waals surface area contributed by atoms with Gasteiger partial charge in [0.2, 0.25) is 0 Å². The molecule has 3 nitrogen and oxygen atoms in total. The second-order valence-electron chi connectivity index (χ2n) is 4.23. The zero-order chi connectivity index (χ0) is 13.8. The van der Waals surface area contributed by atoms with E-state index in [1.54, 1.807) is 7.11 Å². The number of methoxy groups -OCH3 is 1. The molecule has 2 aromatic rings. The summed E-state index contributed by atoms with van der Waals surface area (Å²) in [5.41, 5.74) is 8.90. The summed E-state index contributed by atoms with van der Waals surface area (Å²) in [4.78, 5) is 2.06. The van der Waals surface area contributed by atoms with Gasteiger partial charge in [0.05, 0.1) is 7.11 Å². The summed E-state index contributed by atoms with van der Waals surface area (Å²) >= 11 is 6.07. The lowest BCUT2D eigenvalue weighted by Crippen LogP contribution is -2.13. The number of hydrogen-bond acceptors (Lipinski definition) is 3. The third-order valence-electron chi connectivity index (χ3n) is 3.09. The average Bonchev–Trinajstić information content (AvgIpc) is 2.46. The lowest BCUT2D eigenvalue weighted by atomic mass is 10.1. The summed E-state index contributed by atoms with van der Waals surface area (Å²) in [5.74, 6) is 0.835. The fourth-order valence-electron chi connectivity index (χ4n) is 1.97. The molecule has 0 radical (unpaired) electrons. The molecule has 0 saturated carbocycles. The fourth-order valence-corrected chi connectivity index (χ4v) is 2.13. The van der Waals surface area contributed by atoms with Crippen LogP contribution in [-0.4, -0.2) is 14.2 Å². The highest BCUT2D eigenvalue weighted by Crippen LogP contribution is 2.30. The molecule has 0 heterocycles. The predicted molar refractivity (Wildman–Crippen MR) is 80.4 cm³/mol. The maximum Gasteiger partial charge on any atom is 0.119 e. The third kappa shape index (κ3) is 3.00. The van der Waals surface area contributed by atoms with Gasteiger partial charge in [-0.2, -0.15) is 0 Å². The lowest BCUT2D eigenvalue weighted by Gasteiger charge is -2.22. The number of hydrogen-bond donors (Lipinski definition) is 1. The maximum atomic E-state index is 6.07. The first-order valence-electron chi connectivity index (χ1n) is 6.02. The number of benzene rings is 2. The smallest absolute Gasteiger partial charge is 0.119 e. The minimum absolute atomic E-state index is 0.479. The van der Waals surface area contributed by atoms with Crippen molar-refractivity contribution in [3.63, 3.8) is 0 Å². The SMILES string of the molecule is COc1ccc(N(C)c2cc(Cl)ccc2CN)cc1. The van der Waals surface area contributed by atoms with E-state index in [-0.39, 0.29) is 0 Å². The van der Waals surface area contributed by atoms with Crippen molar-refractivity contribution in [3.05, 3.63) is 53.1 Å². The molecule has 0 fully saturated rings. The Morgan fingerprint density at radius 3 is 2.42 bits per heavy atom.